The lowest BCUT2D eigenvalue weighted by molar-refractivity contribution is 0.364. The first-order chi connectivity index (χ1) is 7.52. The molecule has 0 atom stereocenters. The van der Waals surface area contributed by atoms with E-state index in [1.54, 1.807) is 0 Å². The smallest absolute Gasteiger partial charge is 0.235 e. The van der Waals surface area contributed by atoms with Crippen LogP contribution in [0.2, 0.25) is 6.55 Å². The molecule has 0 saturated heterocycles. The van der Waals surface area contributed by atoms with E-state index in [4.69, 9.17) is 0 Å². The Bertz CT molecular complexity index is 218. The van der Waals surface area contributed by atoms with Gasteiger partial charge in [0.2, 0.25) is 8.40 Å². The zero-order valence-corrected chi connectivity index (χ0v) is 12.7. The zero-order valence-electron chi connectivity index (χ0n) is 11.7. The minimum atomic E-state index is -1.76. The molecule has 0 fully saturated rings. The van der Waals surface area contributed by atoms with E-state index in [-0.39, 0.29) is 0 Å². The minimum absolute atomic E-state index is 1.09. The summed E-state index contributed by atoms with van der Waals surface area (Å²) in [5, 5.41) is 1.22. The van der Waals surface area contributed by atoms with Crippen molar-refractivity contribution < 1.29 is 0 Å². The van der Waals surface area contributed by atoms with Crippen LogP contribution in [0.1, 0.15) is 27.7 Å². The predicted octanol–water partition coefficient (Wildman–Crippen LogP) is 3.02. The average molecular weight is 240 g/mol. The fourth-order valence-corrected chi connectivity index (χ4v) is 6.54. The molecule has 0 aromatic carbocycles. The SMILES string of the molecule is C=CC(=C)[Si](C)(N(CC)CC)N(CC)CC. The fourth-order valence-electron chi connectivity index (χ4n) is 2.48. The largest absolute Gasteiger partial charge is 0.309 e. The molecule has 0 heterocycles. The van der Waals surface area contributed by atoms with E-state index in [1.165, 1.54) is 5.20 Å². The molecule has 0 spiro atoms. The second kappa shape index (κ2) is 7.04. The summed E-state index contributed by atoms with van der Waals surface area (Å²) in [5.41, 5.74) is 0. The summed E-state index contributed by atoms with van der Waals surface area (Å²) in [7, 11) is -1.76. The highest BCUT2D eigenvalue weighted by Gasteiger charge is 2.40. The molecule has 0 rings (SSSR count). The summed E-state index contributed by atoms with van der Waals surface area (Å²) >= 11 is 0. The van der Waals surface area contributed by atoms with Crippen LogP contribution >= 0.6 is 0 Å². The van der Waals surface area contributed by atoms with E-state index in [0.29, 0.717) is 0 Å². The Morgan fingerprint density at radius 3 is 1.50 bits per heavy atom. The van der Waals surface area contributed by atoms with Crippen molar-refractivity contribution in [1.82, 2.24) is 9.13 Å². The Morgan fingerprint density at radius 1 is 1.00 bits per heavy atom. The number of rotatable bonds is 8. The van der Waals surface area contributed by atoms with Crippen LogP contribution < -0.4 is 0 Å². The summed E-state index contributed by atoms with van der Waals surface area (Å²) in [5.74, 6) is 0. The molecule has 94 valence electrons. The maximum atomic E-state index is 4.24. The second-order valence-electron chi connectivity index (χ2n) is 4.09. The molecular weight excluding hydrogens is 212 g/mol. The molecule has 3 heteroatoms. The number of allylic oxidation sites excluding steroid dienone is 2. The van der Waals surface area contributed by atoms with Crippen LogP contribution in [-0.4, -0.2) is 43.7 Å². The van der Waals surface area contributed by atoms with Gasteiger partial charge in [0.15, 0.2) is 0 Å². The Balaban J connectivity index is 5.30. The van der Waals surface area contributed by atoms with Crippen molar-refractivity contribution in [3.63, 3.8) is 0 Å². The normalized spacial score (nSPS) is 12.2. The standard InChI is InChI=1S/C13H28N2Si/c1-8-13(6)16(7,14(9-2)10-3)15(11-4)12-5/h8H,1,6,9-12H2,2-5,7H3. The van der Waals surface area contributed by atoms with Gasteiger partial charge in [-0.1, -0.05) is 46.9 Å². The Hall–Kier alpha value is -0.383. The number of nitrogens with zero attached hydrogens (tertiary/aromatic N) is 2. The fraction of sp³-hybridized carbons (Fsp3) is 0.692. The molecule has 0 bridgehead atoms. The molecule has 16 heavy (non-hydrogen) atoms. The molecular formula is C13H28N2Si. The third-order valence-corrected chi connectivity index (χ3v) is 8.76. The monoisotopic (exact) mass is 240 g/mol. The maximum Gasteiger partial charge on any atom is 0.235 e. The van der Waals surface area contributed by atoms with Gasteiger partial charge in [0, 0.05) is 0 Å². The van der Waals surface area contributed by atoms with Gasteiger partial charge in [-0.05, 0) is 37.9 Å². The molecule has 0 unspecified atom stereocenters. The van der Waals surface area contributed by atoms with E-state index >= 15 is 0 Å². The summed E-state index contributed by atoms with van der Waals surface area (Å²) in [4.78, 5) is 0. The summed E-state index contributed by atoms with van der Waals surface area (Å²) in [6.07, 6.45) is 1.95. The number of hydrogen-bond donors (Lipinski definition) is 0. The van der Waals surface area contributed by atoms with Gasteiger partial charge >= 0.3 is 0 Å². The van der Waals surface area contributed by atoms with Crippen molar-refractivity contribution in [2.45, 2.75) is 34.2 Å². The van der Waals surface area contributed by atoms with Gasteiger partial charge in [-0.3, -0.25) is 0 Å². The lowest BCUT2D eigenvalue weighted by atomic mass is 10.6. The summed E-state index contributed by atoms with van der Waals surface area (Å²) in [6, 6.07) is 0. The maximum absolute atomic E-state index is 4.24. The molecule has 0 radical (unpaired) electrons. The van der Waals surface area contributed by atoms with Crippen molar-refractivity contribution in [2.75, 3.05) is 26.2 Å². The molecule has 0 saturated carbocycles. The van der Waals surface area contributed by atoms with E-state index in [9.17, 15) is 0 Å². The van der Waals surface area contributed by atoms with Crippen molar-refractivity contribution in [1.29, 1.82) is 0 Å². The van der Waals surface area contributed by atoms with Gasteiger partial charge < -0.3 is 9.13 Å². The lowest BCUT2D eigenvalue weighted by Gasteiger charge is -2.46. The van der Waals surface area contributed by atoms with Crippen LogP contribution in [0.5, 0.6) is 0 Å². The molecule has 0 aromatic heterocycles. The summed E-state index contributed by atoms with van der Waals surface area (Å²) in [6.45, 7) is 23.8. The van der Waals surface area contributed by atoms with Crippen molar-refractivity contribution in [2.24, 2.45) is 0 Å². The van der Waals surface area contributed by atoms with Gasteiger partial charge in [-0.15, -0.1) is 0 Å². The van der Waals surface area contributed by atoms with Crippen LogP contribution in [0.15, 0.2) is 24.4 Å². The van der Waals surface area contributed by atoms with Gasteiger partial charge in [0.05, 0.1) is 0 Å². The molecule has 0 aliphatic carbocycles. The van der Waals surface area contributed by atoms with Gasteiger partial charge in [0.25, 0.3) is 0 Å². The predicted molar refractivity (Wildman–Crippen MR) is 76.8 cm³/mol. The van der Waals surface area contributed by atoms with Crippen LogP contribution in [0.4, 0.5) is 0 Å². The zero-order chi connectivity index (χ0) is 12.8. The highest BCUT2D eigenvalue weighted by atomic mass is 28.3. The Labute approximate surface area is 103 Å². The first-order valence-electron chi connectivity index (χ1n) is 6.34. The van der Waals surface area contributed by atoms with Crippen LogP contribution in [-0.2, 0) is 0 Å². The average Bonchev–Trinajstić information content (AvgIpc) is 2.30. The van der Waals surface area contributed by atoms with Crippen molar-refractivity contribution in [3.8, 4) is 0 Å². The topological polar surface area (TPSA) is 6.48 Å². The lowest BCUT2D eigenvalue weighted by Crippen LogP contribution is -2.64. The molecule has 0 N–H and O–H groups in total. The van der Waals surface area contributed by atoms with Gasteiger partial charge in [-0.2, -0.15) is 0 Å². The number of hydrogen-bond acceptors (Lipinski definition) is 2. The third-order valence-electron chi connectivity index (χ3n) is 3.61. The van der Waals surface area contributed by atoms with Crippen molar-refractivity contribution >= 4 is 8.40 Å². The first kappa shape index (κ1) is 15.6. The van der Waals surface area contributed by atoms with Crippen LogP contribution in [0.3, 0.4) is 0 Å². The third kappa shape index (κ3) is 2.84. The first-order valence-corrected chi connectivity index (χ1v) is 8.74. The van der Waals surface area contributed by atoms with E-state index in [0.717, 1.165) is 26.2 Å². The van der Waals surface area contributed by atoms with E-state index in [2.05, 4.69) is 56.5 Å². The molecule has 2 nitrogen and oxygen atoms in total. The van der Waals surface area contributed by atoms with Crippen LogP contribution in [0.25, 0.3) is 0 Å². The molecule has 0 aliphatic heterocycles. The molecule has 0 amide bonds. The molecule has 0 aromatic rings. The van der Waals surface area contributed by atoms with Gasteiger partial charge in [-0.25, -0.2) is 0 Å². The van der Waals surface area contributed by atoms with Crippen molar-refractivity contribution in [3.05, 3.63) is 24.4 Å². The van der Waals surface area contributed by atoms with E-state index < -0.39 is 8.40 Å². The van der Waals surface area contributed by atoms with E-state index in [1.807, 2.05) is 6.08 Å². The highest BCUT2D eigenvalue weighted by molar-refractivity contribution is 6.80. The quantitative estimate of drug-likeness (QED) is 0.475. The highest BCUT2D eigenvalue weighted by Crippen LogP contribution is 2.23. The molecule has 0 aliphatic rings. The Morgan fingerprint density at radius 2 is 1.31 bits per heavy atom. The Kier molecular flexibility index (Phi) is 6.87. The second-order valence-corrected chi connectivity index (χ2v) is 8.04. The summed E-state index contributed by atoms with van der Waals surface area (Å²) < 4.78 is 5.15. The minimum Gasteiger partial charge on any atom is -0.309 e. The van der Waals surface area contributed by atoms with Crippen LogP contribution in [0, 0.1) is 0 Å². The van der Waals surface area contributed by atoms with Gasteiger partial charge in [0.1, 0.15) is 0 Å².